The van der Waals surface area contributed by atoms with Gasteiger partial charge in [-0.05, 0) is 36.6 Å². The minimum absolute atomic E-state index is 0.0977. The highest BCUT2D eigenvalue weighted by atomic mass is 16.7. The first-order valence-electron chi connectivity index (χ1n) is 8.37. The van der Waals surface area contributed by atoms with Crippen LogP contribution in [-0.4, -0.2) is 33.4 Å². The van der Waals surface area contributed by atoms with Crippen molar-refractivity contribution in [3.63, 3.8) is 0 Å². The second kappa shape index (κ2) is 6.19. The number of rotatable bonds is 6. The summed E-state index contributed by atoms with van der Waals surface area (Å²) in [6.45, 7) is 3.46. The maximum absolute atomic E-state index is 12.9. The molecule has 1 atom stereocenters. The standard InChI is InChI=1S/C18H21N3O3/c1-13(10-20-8-2-7-19-20)18(22)21(15-4-5-15)11-14-3-6-16-17(9-14)24-12-23-16/h2-3,6-9,13,15H,4-5,10-12H2,1H3. The van der Waals surface area contributed by atoms with Crippen molar-refractivity contribution in [1.82, 2.24) is 14.7 Å². The molecule has 24 heavy (non-hydrogen) atoms. The van der Waals surface area contributed by atoms with E-state index in [0.29, 0.717) is 19.1 Å². The molecule has 2 aliphatic rings. The van der Waals surface area contributed by atoms with Gasteiger partial charge in [-0.2, -0.15) is 5.10 Å². The number of amides is 1. The molecule has 1 amide bonds. The van der Waals surface area contributed by atoms with Crippen LogP contribution in [0.25, 0.3) is 0 Å². The third-order valence-corrected chi connectivity index (χ3v) is 4.50. The van der Waals surface area contributed by atoms with Crippen molar-refractivity contribution < 1.29 is 14.3 Å². The summed E-state index contributed by atoms with van der Waals surface area (Å²) in [7, 11) is 0. The van der Waals surface area contributed by atoms with Crippen molar-refractivity contribution in [3.8, 4) is 11.5 Å². The number of hydrogen-bond donors (Lipinski definition) is 0. The van der Waals surface area contributed by atoms with Crippen LogP contribution in [0.4, 0.5) is 0 Å². The zero-order chi connectivity index (χ0) is 16.5. The van der Waals surface area contributed by atoms with Crippen molar-refractivity contribution >= 4 is 5.91 Å². The van der Waals surface area contributed by atoms with E-state index < -0.39 is 0 Å². The zero-order valence-corrected chi connectivity index (χ0v) is 13.7. The predicted molar refractivity (Wildman–Crippen MR) is 87.5 cm³/mol. The molecule has 2 aromatic rings. The predicted octanol–water partition coefficient (Wildman–Crippen LogP) is 2.44. The molecule has 1 aromatic carbocycles. The molecule has 0 bridgehead atoms. The number of benzene rings is 1. The van der Waals surface area contributed by atoms with E-state index in [1.807, 2.05) is 47.0 Å². The average molecular weight is 327 g/mol. The van der Waals surface area contributed by atoms with Gasteiger partial charge >= 0.3 is 0 Å². The molecule has 6 nitrogen and oxygen atoms in total. The lowest BCUT2D eigenvalue weighted by Crippen LogP contribution is -2.38. The van der Waals surface area contributed by atoms with Crippen LogP contribution in [-0.2, 0) is 17.9 Å². The number of aromatic nitrogens is 2. The molecule has 0 radical (unpaired) electrons. The van der Waals surface area contributed by atoms with Crippen LogP contribution in [0.1, 0.15) is 25.3 Å². The van der Waals surface area contributed by atoms with E-state index in [2.05, 4.69) is 5.10 Å². The smallest absolute Gasteiger partial charge is 0.231 e. The normalized spacial score (nSPS) is 16.9. The second-order valence-corrected chi connectivity index (χ2v) is 6.51. The summed E-state index contributed by atoms with van der Waals surface area (Å²) in [5.41, 5.74) is 1.07. The van der Waals surface area contributed by atoms with E-state index in [4.69, 9.17) is 9.47 Å². The lowest BCUT2D eigenvalue weighted by molar-refractivity contribution is -0.136. The third-order valence-electron chi connectivity index (χ3n) is 4.50. The average Bonchev–Trinajstić information content (AvgIpc) is 3.09. The zero-order valence-electron chi connectivity index (χ0n) is 13.7. The molecule has 1 fully saturated rings. The Balaban J connectivity index is 1.46. The van der Waals surface area contributed by atoms with Gasteiger partial charge in [0.15, 0.2) is 11.5 Å². The van der Waals surface area contributed by atoms with Crippen LogP contribution in [0.2, 0.25) is 0 Å². The van der Waals surface area contributed by atoms with Gasteiger partial charge in [0.2, 0.25) is 12.7 Å². The van der Waals surface area contributed by atoms with Crippen molar-refractivity contribution in [1.29, 1.82) is 0 Å². The molecule has 1 unspecified atom stereocenters. The van der Waals surface area contributed by atoms with Gasteiger partial charge in [0.25, 0.3) is 0 Å². The van der Waals surface area contributed by atoms with E-state index in [9.17, 15) is 4.79 Å². The Labute approximate surface area is 141 Å². The first-order valence-corrected chi connectivity index (χ1v) is 8.37. The summed E-state index contributed by atoms with van der Waals surface area (Å²) in [5.74, 6) is 1.63. The summed E-state index contributed by atoms with van der Waals surface area (Å²) in [5, 5.41) is 4.20. The molecule has 1 aliphatic heterocycles. The molecule has 1 aliphatic carbocycles. The van der Waals surface area contributed by atoms with Crippen molar-refractivity contribution in [2.45, 2.75) is 38.9 Å². The first-order chi connectivity index (χ1) is 11.7. The maximum atomic E-state index is 12.9. The minimum Gasteiger partial charge on any atom is -0.454 e. The summed E-state index contributed by atoms with van der Waals surface area (Å²) in [6, 6.07) is 8.14. The van der Waals surface area contributed by atoms with E-state index in [0.717, 1.165) is 29.9 Å². The van der Waals surface area contributed by atoms with Gasteiger partial charge in [0.05, 0.1) is 12.5 Å². The summed E-state index contributed by atoms with van der Waals surface area (Å²) >= 11 is 0. The fraction of sp³-hybridized carbons (Fsp3) is 0.444. The number of carbonyl (C=O) groups is 1. The number of carbonyl (C=O) groups excluding carboxylic acids is 1. The van der Waals surface area contributed by atoms with Gasteiger partial charge in [-0.1, -0.05) is 13.0 Å². The van der Waals surface area contributed by atoms with Crippen LogP contribution in [0.15, 0.2) is 36.7 Å². The second-order valence-electron chi connectivity index (χ2n) is 6.51. The number of fused-ring (bicyclic) bond motifs is 1. The Hall–Kier alpha value is -2.50. The molecule has 0 saturated heterocycles. The lowest BCUT2D eigenvalue weighted by Gasteiger charge is -2.26. The molecule has 126 valence electrons. The Kier molecular flexibility index (Phi) is 3.88. The summed E-state index contributed by atoms with van der Waals surface area (Å²) in [6.07, 6.45) is 5.81. The molecule has 1 saturated carbocycles. The van der Waals surface area contributed by atoms with Crippen LogP contribution < -0.4 is 9.47 Å². The number of ether oxygens (including phenoxy) is 2. The Bertz CT molecular complexity index is 725. The molecular weight excluding hydrogens is 306 g/mol. The highest BCUT2D eigenvalue weighted by molar-refractivity contribution is 5.79. The summed E-state index contributed by atoms with van der Waals surface area (Å²) in [4.78, 5) is 14.9. The first kappa shape index (κ1) is 15.1. The van der Waals surface area contributed by atoms with Gasteiger partial charge in [0, 0.05) is 25.0 Å². The molecule has 0 N–H and O–H groups in total. The van der Waals surface area contributed by atoms with Gasteiger partial charge in [-0.25, -0.2) is 0 Å². The summed E-state index contributed by atoms with van der Waals surface area (Å²) < 4.78 is 12.6. The van der Waals surface area contributed by atoms with E-state index >= 15 is 0 Å². The third kappa shape index (κ3) is 3.09. The Morgan fingerprint density at radius 2 is 2.21 bits per heavy atom. The van der Waals surface area contributed by atoms with Gasteiger partial charge in [0.1, 0.15) is 0 Å². The van der Waals surface area contributed by atoms with Gasteiger partial charge in [-0.3, -0.25) is 9.48 Å². The largest absolute Gasteiger partial charge is 0.454 e. The van der Waals surface area contributed by atoms with Crippen molar-refractivity contribution in [2.24, 2.45) is 5.92 Å². The highest BCUT2D eigenvalue weighted by Crippen LogP contribution is 2.35. The number of nitrogens with zero attached hydrogens (tertiary/aromatic N) is 3. The van der Waals surface area contributed by atoms with Gasteiger partial charge < -0.3 is 14.4 Å². The molecule has 4 rings (SSSR count). The monoisotopic (exact) mass is 327 g/mol. The molecule has 1 aromatic heterocycles. The molecular formula is C18H21N3O3. The molecule has 6 heteroatoms. The van der Waals surface area contributed by atoms with Crippen molar-refractivity contribution in [3.05, 3.63) is 42.2 Å². The van der Waals surface area contributed by atoms with Crippen LogP contribution in [0, 0.1) is 5.92 Å². The van der Waals surface area contributed by atoms with E-state index in [1.54, 1.807) is 6.20 Å². The molecule has 2 heterocycles. The van der Waals surface area contributed by atoms with Crippen LogP contribution in [0.3, 0.4) is 0 Å². The SMILES string of the molecule is CC(Cn1cccn1)C(=O)N(Cc1ccc2c(c1)OCO2)C1CC1. The number of hydrogen-bond acceptors (Lipinski definition) is 4. The Morgan fingerprint density at radius 3 is 2.96 bits per heavy atom. The molecule has 0 spiro atoms. The van der Waals surface area contributed by atoms with E-state index in [1.165, 1.54) is 0 Å². The van der Waals surface area contributed by atoms with Crippen LogP contribution in [0.5, 0.6) is 11.5 Å². The fourth-order valence-corrected chi connectivity index (χ4v) is 3.06. The minimum atomic E-state index is -0.0977. The maximum Gasteiger partial charge on any atom is 0.231 e. The van der Waals surface area contributed by atoms with Gasteiger partial charge in [-0.15, -0.1) is 0 Å². The fourth-order valence-electron chi connectivity index (χ4n) is 3.06. The van der Waals surface area contributed by atoms with E-state index in [-0.39, 0.29) is 18.6 Å². The highest BCUT2D eigenvalue weighted by Gasteiger charge is 2.34. The van der Waals surface area contributed by atoms with Crippen molar-refractivity contribution in [2.75, 3.05) is 6.79 Å². The quantitative estimate of drug-likeness (QED) is 0.818. The van der Waals surface area contributed by atoms with Crippen LogP contribution >= 0.6 is 0 Å². The Morgan fingerprint density at radius 1 is 1.38 bits per heavy atom. The topological polar surface area (TPSA) is 56.6 Å². The lowest BCUT2D eigenvalue weighted by atomic mass is 10.1.